The lowest BCUT2D eigenvalue weighted by Gasteiger charge is -2.32. The highest BCUT2D eigenvalue weighted by atomic mass is 15.3. The van der Waals surface area contributed by atoms with Crippen molar-refractivity contribution in [3.63, 3.8) is 0 Å². The molecule has 0 saturated carbocycles. The first-order valence-corrected chi connectivity index (χ1v) is 6.66. The van der Waals surface area contributed by atoms with E-state index in [1.54, 1.807) is 0 Å². The summed E-state index contributed by atoms with van der Waals surface area (Å²) in [4.78, 5) is 10.9. The van der Waals surface area contributed by atoms with Crippen LogP contribution in [-0.4, -0.2) is 40.0 Å². The molecule has 0 aromatic carbocycles. The molecule has 6 nitrogen and oxygen atoms in total. The molecule has 6 heteroatoms. The van der Waals surface area contributed by atoms with Gasteiger partial charge in [0, 0.05) is 24.7 Å². The van der Waals surface area contributed by atoms with Crippen LogP contribution in [0, 0.1) is 0 Å². The minimum atomic E-state index is 0.505. The molecule has 3 heterocycles. The van der Waals surface area contributed by atoms with Gasteiger partial charge >= 0.3 is 0 Å². The molecule has 2 unspecified atom stereocenters. The van der Waals surface area contributed by atoms with Crippen molar-refractivity contribution in [3.8, 4) is 0 Å². The van der Waals surface area contributed by atoms with Crippen LogP contribution in [0.3, 0.4) is 0 Å². The molecule has 0 radical (unpaired) electrons. The Balaban J connectivity index is 1.68. The zero-order chi connectivity index (χ0) is 12.4. The maximum absolute atomic E-state index is 5.36. The molecule has 98 valence electrons. The van der Waals surface area contributed by atoms with E-state index in [0.717, 1.165) is 5.82 Å². The number of anilines is 2. The molecule has 2 aliphatic heterocycles. The zero-order valence-corrected chi connectivity index (χ0v) is 10.5. The zero-order valence-electron chi connectivity index (χ0n) is 10.5. The highest BCUT2D eigenvalue weighted by Crippen LogP contribution is 2.29. The number of nitrogens with two attached hydrogens (primary N) is 1. The van der Waals surface area contributed by atoms with E-state index in [0.29, 0.717) is 17.9 Å². The molecule has 0 amide bonds. The van der Waals surface area contributed by atoms with Crippen LogP contribution < -0.4 is 16.6 Å². The van der Waals surface area contributed by atoms with E-state index < -0.39 is 0 Å². The van der Waals surface area contributed by atoms with Crippen molar-refractivity contribution in [1.82, 2.24) is 14.9 Å². The van der Waals surface area contributed by atoms with E-state index in [1.165, 1.54) is 45.1 Å². The van der Waals surface area contributed by atoms with E-state index in [1.807, 2.05) is 6.07 Å². The molecule has 2 saturated heterocycles. The van der Waals surface area contributed by atoms with Gasteiger partial charge in [0.25, 0.3) is 0 Å². The second-order valence-corrected chi connectivity index (χ2v) is 5.07. The molecule has 1 aromatic heterocycles. The molecular formula is C12H20N6. The van der Waals surface area contributed by atoms with Crippen molar-refractivity contribution >= 4 is 11.6 Å². The summed E-state index contributed by atoms with van der Waals surface area (Å²) in [5.74, 6) is 6.86. The van der Waals surface area contributed by atoms with E-state index >= 15 is 0 Å². The monoisotopic (exact) mass is 248 g/mol. The molecule has 0 aliphatic carbocycles. The van der Waals surface area contributed by atoms with Crippen LogP contribution in [0.4, 0.5) is 11.6 Å². The molecule has 3 rings (SSSR count). The smallest absolute Gasteiger partial charge is 0.145 e. The molecule has 0 spiro atoms. The van der Waals surface area contributed by atoms with Crippen LogP contribution >= 0.6 is 0 Å². The van der Waals surface area contributed by atoms with Crippen molar-refractivity contribution in [1.29, 1.82) is 0 Å². The second kappa shape index (κ2) is 5.07. The maximum Gasteiger partial charge on any atom is 0.145 e. The number of nitrogens with one attached hydrogen (secondary N) is 2. The van der Waals surface area contributed by atoms with Crippen LogP contribution in [0.1, 0.15) is 25.7 Å². The van der Waals surface area contributed by atoms with Gasteiger partial charge in [-0.3, -0.25) is 4.90 Å². The first kappa shape index (κ1) is 11.7. The summed E-state index contributed by atoms with van der Waals surface area (Å²) < 4.78 is 0. The molecule has 0 bridgehead atoms. The highest BCUT2D eigenvalue weighted by molar-refractivity contribution is 5.46. The lowest BCUT2D eigenvalue weighted by molar-refractivity contribution is 0.192. The number of nitrogens with zero attached hydrogens (tertiary/aromatic N) is 3. The third-order valence-electron chi connectivity index (χ3n) is 4.00. The molecule has 4 N–H and O–H groups in total. The molecule has 1 aromatic rings. The van der Waals surface area contributed by atoms with Crippen LogP contribution in [0.2, 0.25) is 0 Å². The fraction of sp³-hybridized carbons (Fsp3) is 0.667. The van der Waals surface area contributed by atoms with Crippen LogP contribution in [-0.2, 0) is 0 Å². The van der Waals surface area contributed by atoms with Gasteiger partial charge in [0.1, 0.15) is 18.0 Å². The first-order chi connectivity index (χ1) is 8.86. The summed E-state index contributed by atoms with van der Waals surface area (Å²) in [7, 11) is 0. The van der Waals surface area contributed by atoms with Crippen molar-refractivity contribution in [2.24, 2.45) is 5.84 Å². The molecule has 2 fully saturated rings. The summed E-state index contributed by atoms with van der Waals surface area (Å²) in [5, 5.41) is 3.53. The average Bonchev–Trinajstić information content (AvgIpc) is 2.83. The predicted octanol–water partition coefficient (Wildman–Crippen LogP) is 0.801. The number of aromatic nitrogens is 2. The summed E-state index contributed by atoms with van der Waals surface area (Å²) in [6.07, 6.45) is 6.71. The SMILES string of the molecule is NNc1cc(NC2CCN3CCCCC23)ncn1. The number of piperidine rings is 1. The Kier molecular flexibility index (Phi) is 3.29. The lowest BCUT2D eigenvalue weighted by atomic mass is 9.99. The van der Waals surface area contributed by atoms with Gasteiger partial charge in [-0.1, -0.05) is 6.42 Å². The van der Waals surface area contributed by atoms with E-state index in [-0.39, 0.29) is 0 Å². The number of hydrazine groups is 1. The van der Waals surface area contributed by atoms with E-state index in [2.05, 4.69) is 25.6 Å². The van der Waals surface area contributed by atoms with Gasteiger partial charge in [0.05, 0.1) is 0 Å². The van der Waals surface area contributed by atoms with Gasteiger partial charge in [-0.15, -0.1) is 0 Å². The van der Waals surface area contributed by atoms with Gasteiger partial charge in [0.15, 0.2) is 0 Å². The molecule has 18 heavy (non-hydrogen) atoms. The standard InChI is InChI=1S/C12H20N6/c13-17-12-7-11(14-8-15-12)16-9-4-6-18-5-2-1-3-10(9)18/h7-10H,1-6,13H2,(H2,14,15,16,17). The fourth-order valence-electron chi connectivity index (χ4n) is 3.12. The third kappa shape index (κ3) is 2.26. The summed E-state index contributed by atoms with van der Waals surface area (Å²) in [5.41, 5.74) is 2.55. The van der Waals surface area contributed by atoms with E-state index in [9.17, 15) is 0 Å². The predicted molar refractivity (Wildman–Crippen MR) is 71.1 cm³/mol. The van der Waals surface area contributed by atoms with Gasteiger partial charge in [0.2, 0.25) is 0 Å². The lowest BCUT2D eigenvalue weighted by Crippen LogP contribution is -2.41. The number of hydrogen-bond donors (Lipinski definition) is 3. The Morgan fingerprint density at radius 2 is 2.06 bits per heavy atom. The van der Waals surface area contributed by atoms with E-state index in [4.69, 9.17) is 5.84 Å². The van der Waals surface area contributed by atoms with Crippen LogP contribution in [0.15, 0.2) is 12.4 Å². The summed E-state index contributed by atoms with van der Waals surface area (Å²) in [6, 6.07) is 3.03. The Bertz CT molecular complexity index is 409. The van der Waals surface area contributed by atoms with Crippen molar-refractivity contribution in [2.75, 3.05) is 23.8 Å². The Morgan fingerprint density at radius 1 is 1.17 bits per heavy atom. The quantitative estimate of drug-likeness (QED) is 0.542. The maximum atomic E-state index is 5.36. The van der Waals surface area contributed by atoms with Gasteiger partial charge in [-0.05, 0) is 25.8 Å². The van der Waals surface area contributed by atoms with Crippen molar-refractivity contribution in [3.05, 3.63) is 12.4 Å². The fourth-order valence-corrected chi connectivity index (χ4v) is 3.12. The minimum absolute atomic E-state index is 0.505. The Labute approximate surface area is 107 Å². The highest BCUT2D eigenvalue weighted by Gasteiger charge is 2.35. The third-order valence-corrected chi connectivity index (χ3v) is 4.00. The minimum Gasteiger partial charge on any atom is -0.366 e. The van der Waals surface area contributed by atoms with Gasteiger partial charge in [-0.25, -0.2) is 15.8 Å². The Morgan fingerprint density at radius 3 is 2.94 bits per heavy atom. The summed E-state index contributed by atoms with van der Waals surface area (Å²) >= 11 is 0. The van der Waals surface area contributed by atoms with Crippen LogP contribution in [0.25, 0.3) is 0 Å². The van der Waals surface area contributed by atoms with Gasteiger partial charge < -0.3 is 10.7 Å². The first-order valence-electron chi connectivity index (χ1n) is 6.66. The van der Waals surface area contributed by atoms with Crippen molar-refractivity contribution in [2.45, 2.75) is 37.8 Å². The number of nitrogen functional groups attached to an aromatic ring is 1. The summed E-state index contributed by atoms with van der Waals surface area (Å²) in [6.45, 7) is 2.46. The normalized spacial score (nSPS) is 27.8. The number of hydrogen-bond acceptors (Lipinski definition) is 6. The second-order valence-electron chi connectivity index (χ2n) is 5.07. The largest absolute Gasteiger partial charge is 0.366 e. The molecule has 2 atom stereocenters. The Hall–Kier alpha value is -1.40. The van der Waals surface area contributed by atoms with Crippen molar-refractivity contribution < 1.29 is 0 Å². The number of fused-ring (bicyclic) bond motifs is 1. The molecule has 2 aliphatic rings. The number of rotatable bonds is 3. The average molecular weight is 248 g/mol. The van der Waals surface area contributed by atoms with Gasteiger partial charge in [-0.2, -0.15) is 0 Å². The van der Waals surface area contributed by atoms with Crippen LogP contribution in [0.5, 0.6) is 0 Å². The molecular weight excluding hydrogens is 228 g/mol. The topological polar surface area (TPSA) is 79.1 Å².